The first-order valence-electron chi connectivity index (χ1n) is 3.93. The van der Waals surface area contributed by atoms with Gasteiger partial charge in [0.05, 0.1) is 11.1 Å². The molecule has 0 aliphatic rings. The van der Waals surface area contributed by atoms with Gasteiger partial charge in [-0.3, -0.25) is 0 Å². The van der Waals surface area contributed by atoms with Crippen LogP contribution in [-0.2, 0) is 6.18 Å². The SMILES string of the molecule is O=C(O)c1ncc(Br)c(C(F)(F)F)c1C(F)F. The molecule has 0 saturated heterocycles. The summed E-state index contributed by atoms with van der Waals surface area (Å²) in [5.74, 6) is -1.95. The van der Waals surface area contributed by atoms with E-state index in [1.807, 2.05) is 0 Å². The zero-order valence-electron chi connectivity index (χ0n) is 7.73. The van der Waals surface area contributed by atoms with E-state index in [9.17, 15) is 26.7 Å². The molecule has 0 saturated carbocycles. The minimum absolute atomic E-state index is 0.526. The third kappa shape index (κ3) is 2.71. The average molecular weight is 320 g/mol. The Morgan fingerprint density at radius 2 is 1.94 bits per heavy atom. The first kappa shape index (κ1) is 13.8. The van der Waals surface area contributed by atoms with Gasteiger partial charge in [0.25, 0.3) is 6.43 Å². The van der Waals surface area contributed by atoms with Crippen LogP contribution in [0.4, 0.5) is 22.0 Å². The van der Waals surface area contributed by atoms with E-state index in [1.165, 1.54) is 0 Å². The van der Waals surface area contributed by atoms with Crippen LogP contribution < -0.4 is 0 Å². The van der Waals surface area contributed by atoms with E-state index < -0.39 is 39.9 Å². The van der Waals surface area contributed by atoms with Crippen LogP contribution in [0.5, 0.6) is 0 Å². The maximum atomic E-state index is 12.5. The lowest BCUT2D eigenvalue weighted by molar-refractivity contribution is -0.140. The Hall–Kier alpha value is -1.25. The van der Waals surface area contributed by atoms with Gasteiger partial charge >= 0.3 is 12.1 Å². The normalized spacial score (nSPS) is 11.9. The number of alkyl halides is 5. The number of rotatable bonds is 2. The van der Waals surface area contributed by atoms with Crippen LogP contribution in [0.15, 0.2) is 10.7 Å². The number of hydrogen-bond acceptors (Lipinski definition) is 2. The third-order valence-electron chi connectivity index (χ3n) is 1.77. The summed E-state index contributed by atoms with van der Waals surface area (Å²) in [5, 5.41) is 8.52. The molecule has 0 bridgehead atoms. The van der Waals surface area contributed by atoms with Crippen LogP contribution in [0.2, 0.25) is 0 Å². The zero-order valence-corrected chi connectivity index (χ0v) is 9.31. The van der Waals surface area contributed by atoms with Gasteiger partial charge in [0.2, 0.25) is 0 Å². The summed E-state index contributed by atoms with van der Waals surface area (Å²) < 4.78 is 61.9. The van der Waals surface area contributed by atoms with E-state index in [1.54, 1.807) is 0 Å². The molecule has 1 heterocycles. The number of carboxylic acids is 1. The Labute approximate surface area is 99.4 Å². The Bertz CT molecular complexity index is 460. The van der Waals surface area contributed by atoms with Gasteiger partial charge in [-0.15, -0.1) is 0 Å². The van der Waals surface area contributed by atoms with Gasteiger partial charge in [-0.05, 0) is 15.9 Å². The number of hydrogen-bond donors (Lipinski definition) is 1. The summed E-state index contributed by atoms with van der Waals surface area (Å²) in [6.45, 7) is 0. The second-order valence-corrected chi connectivity index (χ2v) is 3.70. The van der Waals surface area contributed by atoms with Crippen LogP contribution in [0.3, 0.4) is 0 Å². The quantitative estimate of drug-likeness (QED) is 0.849. The van der Waals surface area contributed by atoms with Crippen molar-refractivity contribution in [3.63, 3.8) is 0 Å². The third-order valence-corrected chi connectivity index (χ3v) is 2.38. The number of aromatic carboxylic acids is 1. The van der Waals surface area contributed by atoms with Gasteiger partial charge < -0.3 is 5.11 Å². The van der Waals surface area contributed by atoms with Crippen molar-refractivity contribution in [3.05, 3.63) is 27.5 Å². The number of pyridine rings is 1. The van der Waals surface area contributed by atoms with Crippen LogP contribution >= 0.6 is 15.9 Å². The fourth-order valence-electron chi connectivity index (χ4n) is 1.17. The molecule has 0 aromatic carbocycles. The molecule has 1 rings (SSSR count). The van der Waals surface area contributed by atoms with E-state index in [0.717, 1.165) is 0 Å². The van der Waals surface area contributed by atoms with Gasteiger partial charge in [-0.2, -0.15) is 13.2 Å². The van der Waals surface area contributed by atoms with Crippen molar-refractivity contribution < 1.29 is 31.9 Å². The highest BCUT2D eigenvalue weighted by molar-refractivity contribution is 9.10. The van der Waals surface area contributed by atoms with Crippen molar-refractivity contribution >= 4 is 21.9 Å². The number of aromatic nitrogens is 1. The Kier molecular flexibility index (Phi) is 3.70. The van der Waals surface area contributed by atoms with Crippen molar-refractivity contribution in [2.24, 2.45) is 0 Å². The highest BCUT2D eigenvalue weighted by atomic mass is 79.9. The van der Waals surface area contributed by atoms with Crippen LogP contribution in [0.25, 0.3) is 0 Å². The topological polar surface area (TPSA) is 50.2 Å². The molecule has 17 heavy (non-hydrogen) atoms. The lowest BCUT2D eigenvalue weighted by Crippen LogP contribution is -2.16. The summed E-state index contributed by atoms with van der Waals surface area (Å²) >= 11 is 2.43. The van der Waals surface area contributed by atoms with Gasteiger partial charge in [-0.25, -0.2) is 18.6 Å². The number of halogens is 6. The molecule has 0 aliphatic carbocycles. The second kappa shape index (κ2) is 4.55. The maximum Gasteiger partial charge on any atom is 0.418 e. The number of carboxylic acid groups (broad SMARTS) is 1. The fraction of sp³-hybridized carbons (Fsp3) is 0.250. The molecule has 9 heteroatoms. The molecular formula is C8H3BrF5NO2. The molecule has 0 spiro atoms. The largest absolute Gasteiger partial charge is 0.476 e. The molecule has 0 unspecified atom stereocenters. The zero-order chi connectivity index (χ0) is 13.4. The van der Waals surface area contributed by atoms with E-state index in [2.05, 4.69) is 20.9 Å². The standard InChI is InChI=1S/C8H3BrF5NO2/c9-2-1-15-5(7(16)17)3(6(10)11)4(2)8(12,13)14/h1,6H,(H,16,17). The molecule has 0 atom stereocenters. The van der Waals surface area contributed by atoms with Crippen molar-refractivity contribution in [2.75, 3.05) is 0 Å². The van der Waals surface area contributed by atoms with E-state index in [0.29, 0.717) is 6.20 Å². The number of nitrogens with zero attached hydrogens (tertiary/aromatic N) is 1. The van der Waals surface area contributed by atoms with Crippen molar-refractivity contribution in [1.82, 2.24) is 4.98 Å². The predicted octanol–water partition coefficient (Wildman–Crippen LogP) is 3.50. The van der Waals surface area contributed by atoms with Gasteiger partial charge in [0.1, 0.15) is 0 Å². The van der Waals surface area contributed by atoms with Crippen LogP contribution in [0.1, 0.15) is 28.0 Å². The lowest BCUT2D eigenvalue weighted by Gasteiger charge is -2.15. The van der Waals surface area contributed by atoms with E-state index >= 15 is 0 Å². The Balaban J connectivity index is 3.67. The summed E-state index contributed by atoms with van der Waals surface area (Å²) in [5.41, 5.74) is -4.67. The molecule has 3 nitrogen and oxygen atoms in total. The Morgan fingerprint density at radius 1 is 1.41 bits per heavy atom. The first-order chi connectivity index (χ1) is 7.66. The fourth-order valence-corrected chi connectivity index (χ4v) is 1.71. The lowest BCUT2D eigenvalue weighted by atomic mass is 10.1. The summed E-state index contributed by atoms with van der Waals surface area (Å²) in [4.78, 5) is 13.6. The summed E-state index contributed by atoms with van der Waals surface area (Å²) in [7, 11) is 0. The van der Waals surface area contributed by atoms with Gasteiger partial charge in [0.15, 0.2) is 5.69 Å². The van der Waals surface area contributed by atoms with Crippen LogP contribution in [0, 0.1) is 0 Å². The molecule has 1 aromatic heterocycles. The van der Waals surface area contributed by atoms with Gasteiger partial charge in [-0.1, -0.05) is 0 Å². The first-order valence-corrected chi connectivity index (χ1v) is 4.72. The van der Waals surface area contributed by atoms with Crippen molar-refractivity contribution in [1.29, 1.82) is 0 Å². The number of carbonyl (C=O) groups is 1. The monoisotopic (exact) mass is 319 g/mol. The molecular weight excluding hydrogens is 317 g/mol. The maximum absolute atomic E-state index is 12.5. The average Bonchev–Trinajstić information content (AvgIpc) is 2.14. The Morgan fingerprint density at radius 3 is 2.29 bits per heavy atom. The van der Waals surface area contributed by atoms with Crippen LogP contribution in [-0.4, -0.2) is 16.1 Å². The molecule has 0 fully saturated rings. The molecule has 1 aromatic rings. The molecule has 0 amide bonds. The second-order valence-electron chi connectivity index (χ2n) is 2.85. The minimum Gasteiger partial charge on any atom is -0.476 e. The van der Waals surface area contributed by atoms with E-state index in [4.69, 9.17) is 5.11 Å². The summed E-state index contributed by atoms with van der Waals surface area (Å²) in [6, 6.07) is 0. The molecule has 0 aliphatic heterocycles. The molecule has 1 N–H and O–H groups in total. The van der Waals surface area contributed by atoms with Crippen molar-refractivity contribution in [2.45, 2.75) is 12.6 Å². The van der Waals surface area contributed by atoms with Gasteiger partial charge in [0, 0.05) is 10.7 Å². The minimum atomic E-state index is -5.10. The van der Waals surface area contributed by atoms with Crippen molar-refractivity contribution in [3.8, 4) is 0 Å². The smallest absolute Gasteiger partial charge is 0.418 e. The highest BCUT2D eigenvalue weighted by Gasteiger charge is 2.41. The summed E-state index contributed by atoms with van der Waals surface area (Å²) in [6.07, 6.45) is -8.17. The molecule has 94 valence electrons. The van der Waals surface area contributed by atoms with E-state index in [-0.39, 0.29) is 0 Å². The highest BCUT2D eigenvalue weighted by Crippen LogP contribution is 2.41. The predicted molar refractivity (Wildman–Crippen MR) is 48.9 cm³/mol. The molecule has 0 radical (unpaired) electrons.